The minimum Gasteiger partial charge on any atom is -0.366 e. The quantitative estimate of drug-likeness (QED) is 0.895. The van der Waals surface area contributed by atoms with E-state index in [1.54, 1.807) is 6.07 Å². The molecule has 0 saturated heterocycles. The van der Waals surface area contributed by atoms with E-state index in [0.717, 1.165) is 17.6 Å². The molecule has 4 heteroatoms. The number of aromatic amines is 1. The number of rotatable bonds is 3. The van der Waals surface area contributed by atoms with Gasteiger partial charge in [0.05, 0.1) is 0 Å². The second-order valence-electron chi connectivity index (χ2n) is 8.16. The third-order valence-electron chi connectivity index (χ3n) is 5.87. The fourth-order valence-corrected chi connectivity index (χ4v) is 4.63. The van der Waals surface area contributed by atoms with Gasteiger partial charge in [0.1, 0.15) is 11.6 Å². The van der Waals surface area contributed by atoms with E-state index in [0.29, 0.717) is 11.5 Å². The Morgan fingerprint density at radius 3 is 2.67 bits per heavy atom. The third kappa shape index (κ3) is 2.29. The van der Waals surface area contributed by atoms with Gasteiger partial charge in [-0.1, -0.05) is 34.6 Å². The Labute approximate surface area is 126 Å². The molecule has 116 valence electrons. The van der Waals surface area contributed by atoms with E-state index in [2.05, 4.69) is 36.1 Å². The van der Waals surface area contributed by atoms with E-state index >= 15 is 0 Å². The molecule has 2 bridgehead atoms. The van der Waals surface area contributed by atoms with Gasteiger partial charge in [-0.2, -0.15) is 0 Å². The summed E-state index contributed by atoms with van der Waals surface area (Å²) in [5, 5.41) is 3.61. The number of fused-ring (bicyclic) bond motifs is 2. The highest BCUT2D eigenvalue weighted by Gasteiger charge is 2.59. The average molecular weight is 289 g/mol. The standard InChI is InChI=1S/C17H27N3O/c1-10(2)14-18-12(8-13(21)20-14)19-15-16(3,4)11-6-7-17(15,5)9-11/h8,10-11,15H,6-7,9H2,1-5H3,(H2,18,19,20,21). The summed E-state index contributed by atoms with van der Waals surface area (Å²) in [4.78, 5) is 19.3. The average Bonchev–Trinajstić information content (AvgIpc) is 2.85. The minimum absolute atomic E-state index is 0.0673. The number of anilines is 1. The van der Waals surface area contributed by atoms with Gasteiger partial charge in [0.2, 0.25) is 0 Å². The fourth-order valence-electron chi connectivity index (χ4n) is 4.63. The number of nitrogens with zero attached hydrogens (tertiary/aromatic N) is 1. The predicted molar refractivity (Wildman–Crippen MR) is 85.6 cm³/mol. The molecule has 0 amide bonds. The topological polar surface area (TPSA) is 57.8 Å². The highest BCUT2D eigenvalue weighted by Crippen LogP contribution is 2.62. The van der Waals surface area contributed by atoms with Crippen LogP contribution >= 0.6 is 0 Å². The first-order valence-corrected chi connectivity index (χ1v) is 8.10. The zero-order valence-corrected chi connectivity index (χ0v) is 13.8. The van der Waals surface area contributed by atoms with Crippen molar-refractivity contribution in [3.8, 4) is 0 Å². The lowest BCUT2D eigenvalue weighted by Gasteiger charge is -2.43. The van der Waals surface area contributed by atoms with Crippen molar-refractivity contribution in [1.29, 1.82) is 0 Å². The van der Waals surface area contributed by atoms with Gasteiger partial charge in [-0.3, -0.25) is 4.79 Å². The lowest BCUT2D eigenvalue weighted by molar-refractivity contribution is 0.155. The fraction of sp³-hybridized carbons (Fsp3) is 0.765. The maximum Gasteiger partial charge on any atom is 0.252 e. The van der Waals surface area contributed by atoms with Gasteiger partial charge in [0.25, 0.3) is 5.56 Å². The van der Waals surface area contributed by atoms with Crippen LogP contribution in [0.1, 0.15) is 65.6 Å². The molecular formula is C17H27N3O. The van der Waals surface area contributed by atoms with Gasteiger partial charge in [-0.15, -0.1) is 0 Å². The molecule has 0 spiro atoms. The van der Waals surface area contributed by atoms with Crippen molar-refractivity contribution < 1.29 is 0 Å². The van der Waals surface area contributed by atoms with Crippen molar-refractivity contribution >= 4 is 5.82 Å². The summed E-state index contributed by atoms with van der Waals surface area (Å²) in [5.41, 5.74) is 0.522. The third-order valence-corrected chi connectivity index (χ3v) is 5.87. The van der Waals surface area contributed by atoms with Crippen LogP contribution in [0, 0.1) is 16.7 Å². The van der Waals surface area contributed by atoms with E-state index in [1.165, 1.54) is 19.3 Å². The Morgan fingerprint density at radius 2 is 2.10 bits per heavy atom. The van der Waals surface area contributed by atoms with Gasteiger partial charge in [0, 0.05) is 18.0 Å². The zero-order chi connectivity index (χ0) is 15.4. The van der Waals surface area contributed by atoms with Gasteiger partial charge in [-0.05, 0) is 36.0 Å². The number of H-pyrrole nitrogens is 1. The van der Waals surface area contributed by atoms with Gasteiger partial charge in [-0.25, -0.2) is 4.98 Å². The van der Waals surface area contributed by atoms with Gasteiger partial charge < -0.3 is 10.3 Å². The molecule has 2 fully saturated rings. The van der Waals surface area contributed by atoms with Crippen molar-refractivity contribution in [1.82, 2.24) is 9.97 Å². The number of hydrogen-bond acceptors (Lipinski definition) is 3. The van der Waals surface area contributed by atoms with Crippen molar-refractivity contribution in [2.75, 3.05) is 5.32 Å². The summed E-state index contributed by atoms with van der Waals surface area (Å²) in [6.45, 7) is 11.2. The summed E-state index contributed by atoms with van der Waals surface area (Å²) in [7, 11) is 0. The number of nitrogens with one attached hydrogen (secondary N) is 2. The number of hydrogen-bond donors (Lipinski definition) is 2. The van der Waals surface area contributed by atoms with Crippen LogP contribution in [0.15, 0.2) is 10.9 Å². The summed E-state index contributed by atoms with van der Waals surface area (Å²) in [6, 6.07) is 1.98. The Bertz CT molecular complexity index is 600. The van der Waals surface area contributed by atoms with Crippen LogP contribution in [0.3, 0.4) is 0 Å². The van der Waals surface area contributed by atoms with Crippen LogP contribution < -0.4 is 10.9 Å². The summed E-state index contributed by atoms with van der Waals surface area (Å²) in [6.07, 6.45) is 3.90. The van der Waals surface area contributed by atoms with Crippen LogP contribution in [0.25, 0.3) is 0 Å². The molecular weight excluding hydrogens is 262 g/mol. The van der Waals surface area contributed by atoms with E-state index in [-0.39, 0.29) is 16.9 Å². The SMILES string of the molecule is CC(C)c1nc(NC2C3(C)CCC(C3)C2(C)C)cc(=O)[nH]1. The second-order valence-corrected chi connectivity index (χ2v) is 8.16. The van der Waals surface area contributed by atoms with E-state index in [1.807, 2.05) is 13.8 Å². The molecule has 2 saturated carbocycles. The molecule has 0 aromatic carbocycles. The zero-order valence-electron chi connectivity index (χ0n) is 13.8. The molecule has 4 nitrogen and oxygen atoms in total. The predicted octanol–water partition coefficient (Wildman–Crippen LogP) is 3.52. The van der Waals surface area contributed by atoms with Crippen molar-refractivity contribution in [3.05, 3.63) is 22.2 Å². The summed E-state index contributed by atoms with van der Waals surface area (Å²) in [5.74, 6) is 2.50. The molecule has 21 heavy (non-hydrogen) atoms. The van der Waals surface area contributed by atoms with Crippen molar-refractivity contribution in [3.63, 3.8) is 0 Å². The summed E-state index contributed by atoms with van der Waals surface area (Å²) < 4.78 is 0. The minimum atomic E-state index is -0.0673. The van der Waals surface area contributed by atoms with E-state index in [9.17, 15) is 4.79 Å². The molecule has 1 aromatic rings. The highest BCUT2D eigenvalue weighted by atomic mass is 16.1. The molecule has 3 unspecified atom stereocenters. The Hall–Kier alpha value is -1.32. The van der Waals surface area contributed by atoms with E-state index in [4.69, 9.17) is 0 Å². The molecule has 2 aliphatic carbocycles. The number of aromatic nitrogens is 2. The molecule has 0 radical (unpaired) electrons. The molecule has 3 atom stereocenters. The van der Waals surface area contributed by atoms with Crippen molar-refractivity contribution in [2.45, 2.75) is 65.8 Å². The molecule has 2 aliphatic rings. The molecule has 1 aromatic heterocycles. The Kier molecular flexibility index (Phi) is 3.19. The first kappa shape index (κ1) is 14.6. The maximum atomic E-state index is 11.9. The van der Waals surface area contributed by atoms with Crippen LogP contribution in [0.5, 0.6) is 0 Å². The maximum absolute atomic E-state index is 11.9. The lowest BCUT2D eigenvalue weighted by atomic mass is 9.68. The lowest BCUT2D eigenvalue weighted by Crippen LogP contribution is -2.46. The first-order chi connectivity index (χ1) is 9.72. The van der Waals surface area contributed by atoms with Gasteiger partial charge in [0.15, 0.2) is 0 Å². The second kappa shape index (κ2) is 4.59. The molecule has 2 N–H and O–H groups in total. The van der Waals surface area contributed by atoms with Crippen LogP contribution in [0.4, 0.5) is 5.82 Å². The Morgan fingerprint density at radius 1 is 1.38 bits per heavy atom. The summed E-state index contributed by atoms with van der Waals surface area (Å²) >= 11 is 0. The van der Waals surface area contributed by atoms with E-state index < -0.39 is 0 Å². The van der Waals surface area contributed by atoms with Crippen molar-refractivity contribution in [2.24, 2.45) is 16.7 Å². The molecule has 0 aliphatic heterocycles. The molecule has 3 rings (SSSR count). The molecule has 1 heterocycles. The normalized spacial score (nSPS) is 33.6. The van der Waals surface area contributed by atoms with Crippen LogP contribution in [-0.4, -0.2) is 16.0 Å². The highest BCUT2D eigenvalue weighted by molar-refractivity contribution is 5.38. The smallest absolute Gasteiger partial charge is 0.252 e. The van der Waals surface area contributed by atoms with Crippen LogP contribution in [0.2, 0.25) is 0 Å². The largest absolute Gasteiger partial charge is 0.366 e. The van der Waals surface area contributed by atoms with Gasteiger partial charge >= 0.3 is 0 Å². The van der Waals surface area contributed by atoms with Crippen LogP contribution in [-0.2, 0) is 0 Å². The first-order valence-electron chi connectivity index (χ1n) is 8.10. The Balaban J connectivity index is 1.92. The monoisotopic (exact) mass is 289 g/mol.